The summed E-state index contributed by atoms with van der Waals surface area (Å²) in [5, 5.41) is 3.32. The summed E-state index contributed by atoms with van der Waals surface area (Å²) in [7, 11) is -1.35. The standard InChI is InChI=1S/C22H36N4O2S.HI/c1-22(2,29(4,27)28)17-24-21(23-3)26-14-12-20-19(16-26)11-8-13-25(20)15-18-9-6-5-7-10-18;/h5-7,9-10,19-20H,8,11-17H2,1-4H3,(H,23,24);1H. The first kappa shape index (κ1) is 25.4. The maximum absolute atomic E-state index is 12.0. The van der Waals surface area contributed by atoms with Crippen LogP contribution in [0.15, 0.2) is 35.3 Å². The molecule has 0 amide bonds. The van der Waals surface area contributed by atoms with Crippen molar-refractivity contribution in [2.45, 2.75) is 50.4 Å². The number of guanidine groups is 1. The van der Waals surface area contributed by atoms with Crippen molar-refractivity contribution in [2.75, 3.05) is 39.5 Å². The summed E-state index contributed by atoms with van der Waals surface area (Å²) in [6.07, 6.45) is 4.90. The van der Waals surface area contributed by atoms with Gasteiger partial charge in [-0.25, -0.2) is 8.42 Å². The second kappa shape index (κ2) is 10.6. The number of rotatable bonds is 5. The first-order chi connectivity index (χ1) is 13.7. The smallest absolute Gasteiger partial charge is 0.193 e. The molecule has 0 bridgehead atoms. The van der Waals surface area contributed by atoms with Crippen molar-refractivity contribution < 1.29 is 8.42 Å². The lowest BCUT2D eigenvalue weighted by atomic mass is 9.83. The molecular formula is C22H37IN4O2S. The van der Waals surface area contributed by atoms with Gasteiger partial charge in [0.15, 0.2) is 15.8 Å². The van der Waals surface area contributed by atoms with E-state index in [2.05, 4.69) is 50.4 Å². The van der Waals surface area contributed by atoms with Crippen molar-refractivity contribution in [1.82, 2.24) is 15.1 Å². The lowest BCUT2D eigenvalue weighted by Gasteiger charge is -2.48. The Hall–Kier alpha value is -0.870. The molecule has 0 radical (unpaired) electrons. The van der Waals surface area contributed by atoms with E-state index in [9.17, 15) is 8.42 Å². The Balaban J connectivity index is 0.00000320. The second-order valence-corrected chi connectivity index (χ2v) is 11.7. The van der Waals surface area contributed by atoms with Crippen LogP contribution in [0.3, 0.4) is 0 Å². The van der Waals surface area contributed by atoms with Crippen molar-refractivity contribution in [3.63, 3.8) is 0 Å². The van der Waals surface area contributed by atoms with E-state index in [0.717, 1.165) is 32.0 Å². The predicted molar refractivity (Wildman–Crippen MR) is 135 cm³/mol. The third kappa shape index (κ3) is 6.09. The van der Waals surface area contributed by atoms with Gasteiger partial charge in [0.05, 0.1) is 4.75 Å². The van der Waals surface area contributed by atoms with Crippen LogP contribution in [-0.4, -0.2) is 74.4 Å². The average Bonchev–Trinajstić information content (AvgIpc) is 2.68. The molecule has 2 atom stereocenters. The minimum absolute atomic E-state index is 0. The SMILES string of the molecule is CN=C(NCC(C)(C)S(C)(=O)=O)N1CCC2C(CCCN2Cc2ccccc2)C1.I. The maximum Gasteiger partial charge on any atom is 0.193 e. The monoisotopic (exact) mass is 548 g/mol. The average molecular weight is 549 g/mol. The van der Waals surface area contributed by atoms with Crippen LogP contribution in [0.5, 0.6) is 0 Å². The molecular weight excluding hydrogens is 511 g/mol. The van der Waals surface area contributed by atoms with Crippen molar-refractivity contribution in [1.29, 1.82) is 0 Å². The molecule has 170 valence electrons. The molecule has 2 fully saturated rings. The lowest BCUT2D eigenvalue weighted by Crippen LogP contribution is -2.57. The van der Waals surface area contributed by atoms with Crippen molar-refractivity contribution in [3.8, 4) is 0 Å². The van der Waals surface area contributed by atoms with Crippen LogP contribution in [0.25, 0.3) is 0 Å². The number of hydrogen-bond donors (Lipinski definition) is 1. The molecule has 0 saturated carbocycles. The molecule has 8 heteroatoms. The number of likely N-dealkylation sites (tertiary alicyclic amines) is 2. The summed E-state index contributed by atoms with van der Waals surface area (Å²) in [6.45, 7) is 8.02. The predicted octanol–water partition coefficient (Wildman–Crippen LogP) is 2.99. The van der Waals surface area contributed by atoms with Crippen LogP contribution in [0.4, 0.5) is 0 Å². The maximum atomic E-state index is 12.0. The van der Waals surface area contributed by atoms with E-state index in [1.165, 1.54) is 31.2 Å². The third-order valence-electron chi connectivity index (χ3n) is 6.60. The van der Waals surface area contributed by atoms with Gasteiger partial charge in [-0.2, -0.15) is 0 Å². The van der Waals surface area contributed by atoms with Gasteiger partial charge in [0.1, 0.15) is 0 Å². The topological polar surface area (TPSA) is 65.0 Å². The van der Waals surface area contributed by atoms with Crippen LogP contribution in [-0.2, 0) is 16.4 Å². The number of hydrogen-bond acceptors (Lipinski definition) is 4. The van der Waals surface area contributed by atoms with E-state index in [-0.39, 0.29) is 24.0 Å². The minimum atomic E-state index is -3.14. The fourth-order valence-electron chi connectivity index (χ4n) is 4.47. The van der Waals surface area contributed by atoms with Gasteiger partial charge in [-0.1, -0.05) is 30.3 Å². The van der Waals surface area contributed by atoms with Crippen LogP contribution in [0, 0.1) is 5.92 Å². The Kier molecular flexibility index (Phi) is 9.00. The first-order valence-corrected chi connectivity index (χ1v) is 12.5. The summed E-state index contributed by atoms with van der Waals surface area (Å²) in [6, 6.07) is 11.4. The van der Waals surface area contributed by atoms with Crippen LogP contribution in [0.2, 0.25) is 0 Å². The van der Waals surface area contributed by atoms with E-state index in [0.29, 0.717) is 18.5 Å². The highest BCUT2D eigenvalue weighted by Gasteiger charge is 2.37. The summed E-state index contributed by atoms with van der Waals surface area (Å²) in [5.74, 6) is 1.45. The number of halogens is 1. The fourth-order valence-corrected chi connectivity index (χ4v) is 4.80. The minimum Gasteiger partial charge on any atom is -0.355 e. The molecule has 1 aromatic rings. The van der Waals surface area contributed by atoms with Gasteiger partial charge in [-0.15, -0.1) is 24.0 Å². The Morgan fingerprint density at radius 2 is 1.90 bits per heavy atom. The van der Waals surface area contributed by atoms with Crippen LogP contribution in [0.1, 0.15) is 38.7 Å². The Bertz CT molecular complexity index is 814. The van der Waals surface area contributed by atoms with E-state index >= 15 is 0 Å². The molecule has 2 aliphatic rings. The van der Waals surface area contributed by atoms with E-state index in [4.69, 9.17) is 0 Å². The van der Waals surface area contributed by atoms with E-state index in [1.807, 2.05) is 0 Å². The number of nitrogens with zero attached hydrogens (tertiary/aromatic N) is 3. The molecule has 30 heavy (non-hydrogen) atoms. The highest BCUT2D eigenvalue weighted by atomic mass is 127. The molecule has 3 rings (SSSR count). The highest BCUT2D eigenvalue weighted by Crippen LogP contribution is 2.31. The summed E-state index contributed by atoms with van der Waals surface area (Å²) in [5.41, 5.74) is 1.39. The molecule has 2 aliphatic heterocycles. The number of benzene rings is 1. The molecule has 0 aromatic heterocycles. The van der Waals surface area contributed by atoms with Crippen molar-refractivity contribution in [3.05, 3.63) is 35.9 Å². The summed E-state index contributed by atoms with van der Waals surface area (Å²) in [4.78, 5) is 9.41. The van der Waals surface area contributed by atoms with Gasteiger partial charge in [0.2, 0.25) is 0 Å². The normalized spacial score (nSPS) is 23.5. The molecule has 0 spiro atoms. The molecule has 6 nitrogen and oxygen atoms in total. The zero-order valence-electron chi connectivity index (χ0n) is 18.7. The van der Waals surface area contributed by atoms with Gasteiger partial charge in [-0.05, 0) is 51.1 Å². The number of piperidine rings is 2. The molecule has 0 aliphatic carbocycles. The highest BCUT2D eigenvalue weighted by molar-refractivity contribution is 14.0. The number of nitrogens with one attached hydrogen (secondary N) is 1. The number of aliphatic imine (C=N–C) groups is 1. The van der Waals surface area contributed by atoms with Gasteiger partial charge in [0.25, 0.3) is 0 Å². The second-order valence-electron chi connectivity index (χ2n) is 9.09. The van der Waals surface area contributed by atoms with E-state index < -0.39 is 14.6 Å². The Labute approximate surface area is 199 Å². The quantitative estimate of drug-likeness (QED) is 0.348. The fraction of sp³-hybridized carbons (Fsp3) is 0.682. The third-order valence-corrected chi connectivity index (χ3v) is 8.75. The summed E-state index contributed by atoms with van der Waals surface area (Å²) < 4.78 is 23.2. The van der Waals surface area contributed by atoms with Gasteiger partial charge >= 0.3 is 0 Å². The Morgan fingerprint density at radius 1 is 1.20 bits per heavy atom. The van der Waals surface area contributed by atoms with Gasteiger partial charge in [-0.3, -0.25) is 9.89 Å². The summed E-state index contributed by atoms with van der Waals surface area (Å²) >= 11 is 0. The van der Waals surface area contributed by atoms with Crippen molar-refractivity contribution >= 4 is 39.8 Å². The Morgan fingerprint density at radius 3 is 2.53 bits per heavy atom. The number of fused-ring (bicyclic) bond motifs is 1. The van der Waals surface area contributed by atoms with Crippen molar-refractivity contribution in [2.24, 2.45) is 10.9 Å². The number of sulfone groups is 1. The molecule has 2 saturated heterocycles. The van der Waals surface area contributed by atoms with Crippen LogP contribution >= 0.6 is 24.0 Å². The molecule has 1 N–H and O–H groups in total. The van der Waals surface area contributed by atoms with Gasteiger partial charge in [0, 0.05) is 45.5 Å². The zero-order valence-corrected chi connectivity index (χ0v) is 21.8. The zero-order chi connectivity index (χ0) is 21.1. The van der Waals surface area contributed by atoms with Crippen LogP contribution < -0.4 is 5.32 Å². The lowest BCUT2D eigenvalue weighted by molar-refractivity contribution is 0.0372. The molecule has 2 unspecified atom stereocenters. The molecule has 1 aromatic carbocycles. The first-order valence-electron chi connectivity index (χ1n) is 10.6. The van der Waals surface area contributed by atoms with Gasteiger partial charge < -0.3 is 10.2 Å². The largest absolute Gasteiger partial charge is 0.355 e. The van der Waals surface area contributed by atoms with E-state index in [1.54, 1.807) is 20.9 Å². The molecule has 2 heterocycles.